The first kappa shape index (κ1) is 19.6. The van der Waals surface area contributed by atoms with Crippen LogP contribution in [0.1, 0.15) is 43.5 Å². The molecule has 1 aromatic carbocycles. The number of carbonyl (C=O) groups is 1. The predicted octanol–water partition coefficient (Wildman–Crippen LogP) is 2.86. The van der Waals surface area contributed by atoms with E-state index in [4.69, 9.17) is 15.2 Å². The van der Waals surface area contributed by atoms with Gasteiger partial charge in [0.15, 0.2) is 11.5 Å². The number of nitrogens with two attached hydrogens (primary N) is 1. The van der Waals surface area contributed by atoms with E-state index in [-0.39, 0.29) is 24.4 Å². The average Bonchev–Trinajstić information content (AvgIpc) is 2.56. The van der Waals surface area contributed by atoms with Crippen LogP contribution in [0.5, 0.6) is 11.5 Å². The molecule has 1 aliphatic rings. The Bertz CT molecular complexity index is 511. The number of halogens is 1. The summed E-state index contributed by atoms with van der Waals surface area (Å²) < 4.78 is 11.1. The molecule has 1 heterocycles. The number of rotatable bonds is 6. The van der Waals surface area contributed by atoms with Gasteiger partial charge in [-0.05, 0) is 51.3 Å². The zero-order chi connectivity index (χ0) is 15.9. The first-order valence-corrected chi connectivity index (χ1v) is 8.11. The number of piperidine rings is 1. The minimum Gasteiger partial charge on any atom is -0.490 e. The molecule has 6 heteroatoms. The SMILES string of the molecule is CCOc1ccc(C(=O)N2CCCCC2CN)cc1OCC.Cl. The first-order valence-electron chi connectivity index (χ1n) is 8.11. The number of amides is 1. The van der Waals surface area contributed by atoms with Crippen molar-refractivity contribution in [3.63, 3.8) is 0 Å². The topological polar surface area (TPSA) is 64.8 Å². The number of likely N-dealkylation sites (tertiary alicyclic amines) is 1. The maximum Gasteiger partial charge on any atom is 0.254 e. The summed E-state index contributed by atoms with van der Waals surface area (Å²) in [7, 11) is 0. The Labute approximate surface area is 144 Å². The minimum absolute atomic E-state index is 0. The van der Waals surface area contributed by atoms with Crippen molar-refractivity contribution in [2.24, 2.45) is 5.73 Å². The lowest BCUT2D eigenvalue weighted by atomic mass is 10.0. The molecule has 23 heavy (non-hydrogen) atoms. The molecule has 5 nitrogen and oxygen atoms in total. The lowest BCUT2D eigenvalue weighted by molar-refractivity contribution is 0.0623. The lowest BCUT2D eigenvalue weighted by Gasteiger charge is -2.35. The van der Waals surface area contributed by atoms with Crippen molar-refractivity contribution in [3.8, 4) is 11.5 Å². The van der Waals surface area contributed by atoms with Crippen LogP contribution >= 0.6 is 12.4 Å². The van der Waals surface area contributed by atoms with E-state index in [1.165, 1.54) is 0 Å². The highest BCUT2D eigenvalue weighted by Gasteiger charge is 2.27. The molecule has 0 bridgehead atoms. The van der Waals surface area contributed by atoms with Gasteiger partial charge in [0, 0.05) is 24.7 Å². The summed E-state index contributed by atoms with van der Waals surface area (Å²) in [4.78, 5) is 14.7. The number of benzene rings is 1. The van der Waals surface area contributed by atoms with Crippen LogP contribution in [-0.2, 0) is 0 Å². The highest BCUT2D eigenvalue weighted by Crippen LogP contribution is 2.30. The Kier molecular flexibility index (Phi) is 8.20. The fraction of sp³-hybridized carbons (Fsp3) is 0.588. The summed E-state index contributed by atoms with van der Waals surface area (Å²) in [5.41, 5.74) is 6.44. The molecule has 1 fully saturated rings. The van der Waals surface area contributed by atoms with Crippen molar-refractivity contribution >= 4 is 18.3 Å². The van der Waals surface area contributed by atoms with Crippen molar-refractivity contribution in [2.45, 2.75) is 39.2 Å². The second kappa shape index (κ2) is 9.63. The van der Waals surface area contributed by atoms with E-state index in [1.54, 1.807) is 12.1 Å². The third-order valence-electron chi connectivity index (χ3n) is 3.95. The normalized spacial score (nSPS) is 17.3. The van der Waals surface area contributed by atoms with Gasteiger partial charge >= 0.3 is 0 Å². The van der Waals surface area contributed by atoms with Gasteiger partial charge in [0.05, 0.1) is 13.2 Å². The van der Waals surface area contributed by atoms with E-state index >= 15 is 0 Å². The molecular formula is C17H27ClN2O3. The van der Waals surface area contributed by atoms with Gasteiger partial charge in [-0.2, -0.15) is 0 Å². The van der Waals surface area contributed by atoms with Crippen molar-refractivity contribution in [2.75, 3.05) is 26.3 Å². The molecule has 0 radical (unpaired) electrons. The standard InChI is InChI=1S/C17H26N2O3.ClH/c1-3-21-15-9-8-13(11-16(15)22-4-2)17(20)19-10-6-5-7-14(19)12-18;/h8-9,11,14H,3-7,10,12,18H2,1-2H3;1H. The number of ether oxygens (including phenoxy) is 2. The molecule has 1 atom stereocenters. The van der Waals surface area contributed by atoms with Crippen LogP contribution in [0.4, 0.5) is 0 Å². The molecule has 130 valence electrons. The number of hydrogen-bond donors (Lipinski definition) is 1. The van der Waals surface area contributed by atoms with Crippen LogP contribution in [0.15, 0.2) is 18.2 Å². The molecular weight excluding hydrogens is 316 g/mol. The van der Waals surface area contributed by atoms with Gasteiger partial charge in [0.1, 0.15) is 0 Å². The van der Waals surface area contributed by atoms with Crippen molar-refractivity contribution < 1.29 is 14.3 Å². The summed E-state index contributed by atoms with van der Waals surface area (Å²) in [6, 6.07) is 5.53. The van der Waals surface area contributed by atoms with Gasteiger partial charge < -0.3 is 20.1 Å². The van der Waals surface area contributed by atoms with Crippen LogP contribution < -0.4 is 15.2 Å². The van der Waals surface area contributed by atoms with Gasteiger partial charge in [-0.1, -0.05) is 0 Å². The highest BCUT2D eigenvalue weighted by atomic mass is 35.5. The van der Waals surface area contributed by atoms with E-state index in [9.17, 15) is 4.79 Å². The van der Waals surface area contributed by atoms with Crippen molar-refractivity contribution in [1.82, 2.24) is 4.90 Å². The van der Waals surface area contributed by atoms with Crippen LogP contribution in [0, 0.1) is 0 Å². The largest absolute Gasteiger partial charge is 0.490 e. The van der Waals surface area contributed by atoms with Crippen LogP contribution in [0.25, 0.3) is 0 Å². The van der Waals surface area contributed by atoms with Gasteiger partial charge in [0.25, 0.3) is 5.91 Å². The molecule has 2 N–H and O–H groups in total. The number of hydrogen-bond acceptors (Lipinski definition) is 4. The monoisotopic (exact) mass is 342 g/mol. The van der Waals surface area contributed by atoms with Gasteiger partial charge in [-0.3, -0.25) is 4.79 Å². The summed E-state index contributed by atoms with van der Waals surface area (Å²) in [6.07, 6.45) is 3.16. The first-order chi connectivity index (χ1) is 10.7. The van der Waals surface area contributed by atoms with Gasteiger partial charge in [0.2, 0.25) is 0 Å². The highest BCUT2D eigenvalue weighted by molar-refractivity contribution is 5.95. The van der Waals surface area contributed by atoms with E-state index in [0.29, 0.717) is 36.8 Å². The van der Waals surface area contributed by atoms with Crippen LogP contribution in [0.3, 0.4) is 0 Å². The van der Waals surface area contributed by atoms with Crippen molar-refractivity contribution in [3.05, 3.63) is 23.8 Å². The summed E-state index contributed by atoms with van der Waals surface area (Å²) in [5, 5.41) is 0. The second-order valence-electron chi connectivity index (χ2n) is 5.41. The van der Waals surface area contributed by atoms with Crippen LogP contribution in [0.2, 0.25) is 0 Å². The molecule has 0 saturated carbocycles. The summed E-state index contributed by atoms with van der Waals surface area (Å²) in [6.45, 7) is 6.23. The maximum atomic E-state index is 12.8. The van der Waals surface area contributed by atoms with Crippen LogP contribution in [-0.4, -0.2) is 43.2 Å². The van der Waals surface area contributed by atoms with E-state index in [2.05, 4.69) is 0 Å². The Morgan fingerprint density at radius 2 is 1.91 bits per heavy atom. The molecule has 0 aromatic heterocycles. The molecule has 1 amide bonds. The zero-order valence-electron chi connectivity index (χ0n) is 13.9. The molecule has 1 aromatic rings. The van der Waals surface area contributed by atoms with Gasteiger partial charge in [-0.25, -0.2) is 0 Å². The summed E-state index contributed by atoms with van der Waals surface area (Å²) in [5.74, 6) is 1.32. The number of nitrogens with zero attached hydrogens (tertiary/aromatic N) is 1. The molecule has 1 aliphatic heterocycles. The van der Waals surface area contributed by atoms with Crippen molar-refractivity contribution in [1.29, 1.82) is 0 Å². The summed E-state index contributed by atoms with van der Waals surface area (Å²) >= 11 is 0. The maximum absolute atomic E-state index is 12.8. The molecule has 1 unspecified atom stereocenters. The fourth-order valence-corrected chi connectivity index (χ4v) is 2.86. The zero-order valence-corrected chi connectivity index (χ0v) is 14.7. The Morgan fingerprint density at radius 1 is 1.22 bits per heavy atom. The average molecular weight is 343 g/mol. The molecule has 1 saturated heterocycles. The smallest absolute Gasteiger partial charge is 0.254 e. The Hall–Kier alpha value is -1.46. The van der Waals surface area contributed by atoms with E-state index in [1.807, 2.05) is 24.8 Å². The third-order valence-corrected chi connectivity index (χ3v) is 3.95. The Morgan fingerprint density at radius 3 is 2.57 bits per heavy atom. The van der Waals surface area contributed by atoms with E-state index < -0.39 is 0 Å². The van der Waals surface area contributed by atoms with Gasteiger partial charge in [-0.15, -0.1) is 12.4 Å². The lowest BCUT2D eigenvalue weighted by Crippen LogP contribution is -2.47. The van der Waals surface area contributed by atoms with E-state index in [0.717, 1.165) is 25.8 Å². The molecule has 0 aliphatic carbocycles. The fourth-order valence-electron chi connectivity index (χ4n) is 2.86. The quantitative estimate of drug-likeness (QED) is 0.863. The minimum atomic E-state index is 0. The third kappa shape index (κ3) is 4.75. The Balaban J connectivity index is 0.00000264. The molecule has 0 spiro atoms. The second-order valence-corrected chi connectivity index (χ2v) is 5.41. The predicted molar refractivity (Wildman–Crippen MR) is 93.8 cm³/mol. The molecule has 2 rings (SSSR count). The number of carbonyl (C=O) groups excluding carboxylic acids is 1.